The summed E-state index contributed by atoms with van der Waals surface area (Å²) in [7, 11) is 0. The number of amidine groups is 1. The van der Waals surface area contributed by atoms with Gasteiger partial charge < -0.3 is 16.9 Å². The number of anilines is 2. The SMILES string of the molecule is CC.N/N=C(\N)CC1CCN(Cc2ccc(Nc3nc(C4CCCCCC4)nc4cn[nH]c(=O)c34)cc2)CC1. The van der Waals surface area contributed by atoms with Gasteiger partial charge in [0.2, 0.25) is 0 Å². The van der Waals surface area contributed by atoms with Gasteiger partial charge in [0.25, 0.3) is 5.56 Å². The molecule has 0 radical (unpaired) electrons. The number of likely N-dealkylation sites (tertiary alicyclic amines) is 1. The van der Waals surface area contributed by atoms with Crippen molar-refractivity contribution in [2.75, 3.05) is 18.4 Å². The van der Waals surface area contributed by atoms with E-state index in [9.17, 15) is 4.79 Å². The highest BCUT2D eigenvalue weighted by molar-refractivity contribution is 5.89. The summed E-state index contributed by atoms with van der Waals surface area (Å²) in [6.07, 6.45) is 11.7. The lowest BCUT2D eigenvalue weighted by atomic mass is 9.93. The molecule has 210 valence electrons. The molecule has 1 saturated carbocycles. The lowest BCUT2D eigenvalue weighted by molar-refractivity contribution is 0.180. The maximum Gasteiger partial charge on any atom is 0.277 e. The molecule has 0 spiro atoms. The predicted molar refractivity (Wildman–Crippen MR) is 158 cm³/mol. The lowest BCUT2D eigenvalue weighted by Gasteiger charge is -2.31. The van der Waals surface area contributed by atoms with Gasteiger partial charge in [-0.1, -0.05) is 51.7 Å². The van der Waals surface area contributed by atoms with Gasteiger partial charge in [-0.25, -0.2) is 15.1 Å². The Kier molecular flexibility index (Phi) is 10.2. The molecule has 3 heterocycles. The normalized spacial score (nSPS) is 17.8. The molecule has 0 unspecified atom stereocenters. The maximum atomic E-state index is 12.6. The Balaban J connectivity index is 0.00000172. The summed E-state index contributed by atoms with van der Waals surface area (Å²) < 4.78 is 0. The Labute approximate surface area is 230 Å². The van der Waals surface area contributed by atoms with Crippen molar-refractivity contribution in [3.63, 3.8) is 0 Å². The van der Waals surface area contributed by atoms with Gasteiger partial charge in [0.1, 0.15) is 28.4 Å². The highest BCUT2D eigenvalue weighted by atomic mass is 16.1. The van der Waals surface area contributed by atoms with Crippen molar-refractivity contribution in [1.29, 1.82) is 0 Å². The van der Waals surface area contributed by atoms with Gasteiger partial charge in [-0.05, 0) is 62.4 Å². The van der Waals surface area contributed by atoms with Gasteiger partial charge >= 0.3 is 0 Å². The number of nitrogens with two attached hydrogens (primary N) is 2. The van der Waals surface area contributed by atoms with Crippen LogP contribution in [0.25, 0.3) is 10.9 Å². The van der Waals surface area contributed by atoms with Crippen LogP contribution in [0.4, 0.5) is 11.5 Å². The van der Waals surface area contributed by atoms with Crippen LogP contribution in [0.15, 0.2) is 40.4 Å². The number of aromatic nitrogens is 4. The average Bonchev–Trinajstić information content (AvgIpc) is 3.26. The van der Waals surface area contributed by atoms with Gasteiger partial charge in [-0.2, -0.15) is 10.2 Å². The number of H-pyrrole nitrogens is 1. The zero-order valence-corrected chi connectivity index (χ0v) is 23.3. The number of nitrogens with zero attached hydrogens (tertiary/aromatic N) is 5. The number of nitrogens with one attached hydrogen (secondary N) is 2. The molecule has 1 aliphatic heterocycles. The first-order chi connectivity index (χ1) is 19.1. The van der Waals surface area contributed by atoms with Gasteiger partial charge in [-0.15, -0.1) is 0 Å². The summed E-state index contributed by atoms with van der Waals surface area (Å²) in [5, 5.41) is 14.0. The molecule has 0 atom stereocenters. The fourth-order valence-electron chi connectivity index (χ4n) is 5.62. The van der Waals surface area contributed by atoms with Crippen LogP contribution in [0, 0.1) is 5.92 Å². The minimum absolute atomic E-state index is 0.285. The third-order valence-electron chi connectivity index (χ3n) is 7.75. The number of hydrogen-bond acceptors (Lipinski definition) is 8. The van der Waals surface area contributed by atoms with E-state index in [0.717, 1.165) is 63.3 Å². The van der Waals surface area contributed by atoms with E-state index in [1.807, 2.05) is 13.8 Å². The molecule has 1 aromatic carbocycles. The predicted octanol–water partition coefficient (Wildman–Crippen LogP) is 4.75. The lowest BCUT2D eigenvalue weighted by Crippen LogP contribution is -2.34. The zero-order chi connectivity index (χ0) is 27.6. The quantitative estimate of drug-likeness (QED) is 0.112. The summed E-state index contributed by atoms with van der Waals surface area (Å²) in [5.74, 6) is 8.05. The maximum absolute atomic E-state index is 12.6. The van der Waals surface area contributed by atoms with E-state index in [0.29, 0.717) is 34.4 Å². The van der Waals surface area contributed by atoms with Gasteiger partial charge in [-0.3, -0.25) is 9.69 Å². The number of piperidine rings is 1. The summed E-state index contributed by atoms with van der Waals surface area (Å²) >= 11 is 0. The van der Waals surface area contributed by atoms with E-state index in [-0.39, 0.29) is 5.56 Å². The molecule has 2 aromatic heterocycles. The fraction of sp³-hybridized carbons (Fsp3) is 0.552. The molecule has 2 fully saturated rings. The van der Waals surface area contributed by atoms with Crippen LogP contribution in [0.5, 0.6) is 0 Å². The molecule has 3 aromatic rings. The van der Waals surface area contributed by atoms with Crippen molar-refractivity contribution in [3.05, 3.63) is 52.2 Å². The zero-order valence-electron chi connectivity index (χ0n) is 23.3. The van der Waals surface area contributed by atoms with E-state index < -0.39 is 0 Å². The summed E-state index contributed by atoms with van der Waals surface area (Å²) in [6, 6.07) is 8.37. The molecule has 2 aliphatic rings. The molecule has 1 aliphatic carbocycles. The highest BCUT2D eigenvalue weighted by Gasteiger charge is 2.22. The molecule has 5 rings (SSSR count). The summed E-state index contributed by atoms with van der Waals surface area (Å²) in [6.45, 7) is 6.98. The van der Waals surface area contributed by atoms with Crippen LogP contribution in [0.3, 0.4) is 0 Å². The third-order valence-corrected chi connectivity index (χ3v) is 7.75. The molecule has 0 amide bonds. The van der Waals surface area contributed by atoms with Gasteiger partial charge in [0, 0.05) is 24.6 Å². The second-order valence-electron chi connectivity index (χ2n) is 10.4. The van der Waals surface area contributed by atoms with Crippen molar-refractivity contribution in [1.82, 2.24) is 25.1 Å². The molecular formula is C29H43N9O. The second-order valence-corrected chi connectivity index (χ2v) is 10.4. The highest BCUT2D eigenvalue weighted by Crippen LogP contribution is 2.32. The average molecular weight is 534 g/mol. The number of hydrogen-bond donors (Lipinski definition) is 4. The summed E-state index contributed by atoms with van der Waals surface area (Å²) in [5.41, 5.74) is 8.24. The first-order valence-electron chi connectivity index (χ1n) is 14.4. The standard InChI is InChI=1S/C27H37N9O.C2H6/c28-23(34-29)15-18-11-13-36(14-12-18)17-19-7-9-21(10-8-19)31-26-24-22(16-30-35-27(24)37)32-25(33-26)20-5-3-1-2-4-6-20;1-2/h7-10,16,18,20H,1-6,11-15,17,29H2,(H2,28,34)(H,35,37)(H,31,32,33);1-2H3. The van der Waals surface area contributed by atoms with E-state index in [1.165, 1.54) is 31.2 Å². The number of benzene rings is 1. The van der Waals surface area contributed by atoms with E-state index >= 15 is 0 Å². The van der Waals surface area contributed by atoms with E-state index in [2.05, 4.69) is 49.8 Å². The molecule has 10 heteroatoms. The number of hydrazone groups is 1. The first kappa shape index (κ1) is 28.5. The summed E-state index contributed by atoms with van der Waals surface area (Å²) in [4.78, 5) is 24.7. The molecular weight excluding hydrogens is 490 g/mol. The van der Waals surface area contributed by atoms with Crippen molar-refractivity contribution >= 4 is 28.2 Å². The topological polar surface area (TPSA) is 151 Å². The van der Waals surface area contributed by atoms with Crippen LogP contribution < -0.4 is 22.5 Å². The first-order valence-corrected chi connectivity index (χ1v) is 14.4. The monoisotopic (exact) mass is 533 g/mol. The largest absolute Gasteiger partial charge is 0.386 e. The molecule has 0 bridgehead atoms. The minimum atomic E-state index is -0.285. The van der Waals surface area contributed by atoms with Gasteiger partial charge in [0.15, 0.2) is 0 Å². The molecule has 10 nitrogen and oxygen atoms in total. The van der Waals surface area contributed by atoms with E-state index in [1.54, 1.807) is 6.20 Å². The van der Waals surface area contributed by atoms with Crippen LogP contribution in [0.2, 0.25) is 0 Å². The van der Waals surface area contributed by atoms with Crippen molar-refractivity contribution in [2.24, 2.45) is 22.6 Å². The minimum Gasteiger partial charge on any atom is -0.386 e. The van der Waals surface area contributed by atoms with Crippen LogP contribution in [-0.4, -0.2) is 44.0 Å². The Morgan fingerprint density at radius 1 is 1.05 bits per heavy atom. The van der Waals surface area contributed by atoms with Crippen LogP contribution in [0.1, 0.15) is 88.9 Å². The van der Waals surface area contributed by atoms with Gasteiger partial charge in [0.05, 0.1) is 6.20 Å². The number of aromatic amines is 1. The number of rotatable bonds is 7. The Hall–Kier alpha value is -3.53. The van der Waals surface area contributed by atoms with Crippen molar-refractivity contribution < 1.29 is 0 Å². The smallest absolute Gasteiger partial charge is 0.277 e. The van der Waals surface area contributed by atoms with Crippen molar-refractivity contribution in [2.45, 2.75) is 84.1 Å². The van der Waals surface area contributed by atoms with E-state index in [4.69, 9.17) is 21.5 Å². The van der Waals surface area contributed by atoms with Crippen molar-refractivity contribution in [3.8, 4) is 0 Å². The van der Waals surface area contributed by atoms with Crippen LogP contribution in [-0.2, 0) is 6.54 Å². The fourth-order valence-corrected chi connectivity index (χ4v) is 5.62. The number of fused-ring (bicyclic) bond motifs is 1. The third kappa shape index (κ3) is 7.53. The van der Waals surface area contributed by atoms with Crippen LogP contribution >= 0.6 is 0 Å². The Bertz CT molecular complexity index is 1270. The molecule has 1 saturated heterocycles. The molecule has 6 N–H and O–H groups in total. The second kappa shape index (κ2) is 14.0. The Morgan fingerprint density at radius 2 is 1.74 bits per heavy atom. The Morgan fingerprint density at radius 3 is 2.41 bits per heavy atom. The molecule has 39 heavy (non-hydrogen) atoms.